The van der Waals surface area contributed by atoms with E-state index >= 15 is 0 Å². The normalized spacial score (nSPS) is 14.1. The summed E-state index contributed by atoms with van der Waals surface area (Å²) in [6.07, 6.45) is 2.85. The van der Waals surface area contributed by atoms with Crippen molar-refractivity contribution in [2.45, 2.75) is 25.9 Å². The summed E-state index contributed by atoms with van der Waals surface area (Å²) in [5.74, 6) is -0.335. The molecule has 2 unspecified atom stereocenters. The number of aromatic nitrogens is 1. The zero-order valence-electron chi connectivity index (χ0n) is 11.2. The van der Waals surface area contributed by atoms with E-state index in [9.17, 15) is 4.39 Å². The van der Waals surface area contributed by atoms with Crippen LogP contribution in [0.25, 0.3) is 0 Å². The first kappa shape index (κ1) is 15.2. The monoisotopic (exact) mass is 312 g/mol. The van der Waals surface area contributed by atoms with Gasteiger partial charge in [-0.25, -0.2) is 4.39 Å². The largest absolute Gasteiger partial charge is 0.304 e. The van der Waals surface area contributed by atoms with Crippen LogP contribution < -0.4 is 5.32 Å². The summed E-state index contributed by atoms with van der Waals surface area (Å²) in [7, 11) is 0. The summed E-state index contributed by atoms with van der Waals surface area (Å²) in [6, 6.07) is 7.03. The van der Waals surface area contributed by atoms with Crippen molar-refractivity contribution in [3.8, 4) is 0 Å². The lowest BCUT2D eigenvalue weighted by molar-refractivity contribution is 0.490. The van der Waals surface area contributed by atoms with Gasteiger partial charge in [-0.2, -0.15) is 0 Å². The maximum Gasteiger partial charge on any atom is 0.141 e. The van der Waals surface area contributed by atoms with E-state index in [-0.39, 0.29) is 17.9 Å². The highest BCUT2D eigenvalue weighted by atomic mass is 35.5. The Bertz CT molecular complexity index is 604. The molecule has 0 aliphatic rings. The van der Waals surface area contributed by atoms with Crippen molar-refractivity contribution >= 4 is 23.2 Å². The SMILES string of the molecule is CC(NC(C)c1ccc(Cl)c(Cl)c1)c1cncc(F)c1. The fourth-order valence-electron chi connectivity index (χ4n) is 2.01. The van der Waals surface area contributed by atoms with E-state index in [1.165, 1.54) is 12.3 Å². The van der Waals surface area contributed by atoms with Crippen LogP contribution in [0.15, 0.2) is 36.7 Å². The first-order chi connectivity index (χ1) is 9.47. The van der Waals surface area contributed by atoms with Crippen LogP contribution in [0.5, 0.6) is 0 Å². The van der Waals surface area contributed by atoms with Crippen LogP contribution in [0, 0.1) is 5.82 Å². The zero-order valence-corrected chi connectivity index (χ0v) is 12.7. The molecule has 0 fully saturated rings. The summed E-state index contributed by atoms with van der Waals surface area (Å²) in [4.78, 5) is 3.86. The van der Waals surface area contributed by atoms with Gasteiger partial charge >= 0.3 is 0 Å². The molecule has 2 rings (SSSR count). The van der Waals surface area contributed by atoms with Gasteiger partial charge in [0.25, 0.3) is 0 Å². The van der Waals surface area contributed by atoms with Crippen LogP contribution in [0.2, 0.25) is 10.0 Å². The van der Waals surface area contributed by atoms with E-state index in [4.69, 9.17) is 23.2 Å². The Morgan fingerprint density at radius 2 is 1.70 bits per heavy atom. The molecule has 0 radical (unpaired) electrons. The van der Waals surface area contributed by atoms with Crippen molar-refractivity contribution in [3.63, 3.8) is 0 Å². The molecular formula is C15H15Cl2FN2. The molecule has 2 aromatic rings. The third kappa shape index (κ3) is 3.69. The molecule has 1 aromatic carbocycles. The number of rotatable bonds is 4. The quantitative estimate of drug-likeness (QED) is 0.865. The summed E-state index contributed by atoms with van der Waals surface area (Å²) >= 11 is 11.9. The second-order valence-corrected chi connectivity index (χ2v) is 5.53. The molecule has 1 aromatic heterocycles. The standard InChI is InChI=1S/C15H15Cl2FN2/c1-9(11-3-4-14(16)15(17)6-11)20-10(2)12-5-13(18)8-19-7-12/h3-10,20H,1-2H3. The van der Waals surface area contributed by atoms with Crippen LogP contribution in [-0.4, -0.2) is 4.98 Å². The van der Waals surface area contributed by atoms with Crippen LogP contribution in [0.1, 0.15) is 37.1 Å². The second-order valence-electron chi connectivity index (χ2n) is 4.72. The summed E-state index contributed by atoms with van der Waals surface area (Å²) in [5.41, 5.74) is 1.83. The lowest BCUT2D eigenvalue weighted by Gasteiger charge is -2.21. The molecule has 5 heteroatoms. The number of nitrogens with zero attached hydrogens (tertiary/aromatic N) is 1. The molecule has 1 N–H and O–H groups in total. The number of hydrogen-bond donors (Lipinski definition) is 1. The van der Waals surface area contributed by atoms with Crippen LogP contribution in [0.4, 0.5) is 4.39 Å². The van der Waals surface area contributed by atoms with Gasteiger partial charge in [0.15, 0.2) is 0 Å². The van der Waals surface area contributed by atoms with Crippen LogP contribution in [0.3, 0.4) is 0 Å². The Labute approximate surface area is 127 Å². The molecule has 2 nitrogen and oxygen atoms in total. The molecule has 0 aliphatic carbocycles. The van der Waals surface area contributed by atoms with Gasteiger partial charge in [-0.3, -0.25) is 4.98 Å². The van der Waals surface area contributed by atoms with Crippen LogP contribution in [-0.2, 0) is 0 Å². The predicted octanol–water partition coefficient (Wildman–Crippen LogP) is 4.94. The van der Waals surface area contributed by atoms with Crippen molar-refractivity contribution in [1.29, 1.82) is 0 Å². The van der Waals surface area contributed by atoms with Gasteiger partial charge in [-0.15, -0.1) is 0 Å². The number of halogens is 3. The molecule has 0 aliphatic heterocycles. The van der Waals surface area contributed by atoms with E-state index in [1.54, 1.807) is 12.3 Å². The van der Waals surface area contributed by atoms with E-state index < -0.39 is 0 Å². The van der Waals surface area contributed by atoms with Crippen molar-refractivity contribution in [1.82, 2.24) is 10.3 Å². The molecule has 2 atom stereocenters. The van der Waals surface area contributed by atoms with Crippen molar-refractivity contribution < 1.29 is 4.39 Å². The lowest BCUT2D eigenvalue weighted by Crippen LogP contribution is -2.22. The minimum Gasteiger partial charge on any atom is -0.304 e. The molecule has 106 valence electrons. The Kier molecular flexibility index (Phi) is 4.97. The van der Waals surface area contributed by atoms with Crippen molar-refractivity contribution in [2.24, 2.45) is 0 Å². The average molecular weight is 313 g/mol. The molecule has 0 saturated heterocycles. The Balaban J connectivity index is 2.10. The molecule has 1 heterocycles. The second kappa shape index (κ2) is 6.53. The van der Waals surface area contributed by atoms with Gasteiger partial charge in [0.2, 0.25) is 0 Å². The Morgan fingerprint density at radius 1 is 1.00 bits per heavy atom. The molecule has 0 bridgehead atoms. The third-order valence-corrected chi connectivity index (χ3v) is 3.91. The van der Waals surface area contributed by atoms with E-state index in [1.807, 2.05) is 26.0 Å². The minimum atomic E-state index is -0.335. The molecule has 20 heavy (non-hydrogen) atoms. The Morgan fingerprint density at radius 3 is 2.35 bits per heavy atom. The molecule has 0 saturated carbocycles. The van der Waals surface area contributed by atoms with Gasteiger partial charge in [0.05, 0.1) is 16.2 Å². The average Bonchev–Trinajstić information content (AvgIpc) is 2.41. The number of benzene rings is 1. The van der Waals surface area contributed by atoms with Crippen molar-refractivity contribution in [2.75, 3.05) is 0 Å². The minimum absolute atomic E-state index is 0.0253. The van der Waals surface area contributed by atoms with Gasteiger partial charge in [0, 0.05) is 18.3 Å². The predicted molar refractivity (Wildman–Crippen MR) is 80.6 cm³/mol. The van der Waals surface area contributed by atoms with Crippen molar-refractivity contribution in [3.05, 3.63) is 63.6 Å². The van der Waals surface area contributed by atoms with Gasteiger partial charge in [0.1, 0.15) is 5.82 Å². The maximum atomic E-state index is 13.2. The summed E-state index contributed by atoms with van der Waals surface area (Å²) in [6.45, 7) is 3.98. The van der Waals surface area contributed by atoms with E-state index in [0.717, 1.165) is 11.1 Å². The topological polar surface area (TPSA) is 24.9 Å². The van der Waals surface area contributed by atoms with E-state index in [0.29, 0.717) is 10.0 Å². The Hall–Kier alpha value is -1.16. The fraction of sp³-hybridized carbons (Fsp3) is 0.267. The highest BCUT2D eigenvalue weighted by molar-refractivity contribution is 6.42. The van der Waals surface area contributed by atoms with Gasteiger partial charge in [-0.1, -0.05) is 29.3 Å². The molecular weight excluding hydrogens is 298 g/mol. The zero-order chi connectivity index (χ0) is 14.7. The summed E-state index contributed by atoms with van der Waals surface area (Å²) < 4.78 is 13.2. The first-order valence-corrected chi connectivity index (χ1v) is 7.04. The number of nitrogens with one attached hydrogen (secondary N) is 1. The highest BCUT2D eigenvalue weighted by Crippen LogP contribution is 2.26. The smallest absolute Gasteiger partial charge is 0.141 e. The van der Waals surface area contributed by atoms with Gasteiger partial charge < -0.3 is 5.32 Å². The number of pyridine rings is 1. The molecule has 0 spiro atoms. The maximum absolute atomic E-state index is 13.2. The van der Waals surface area contributed by atoms with Crippen LogP contribution >= 0.6 is 23.2 Å². The summed E-state index contributed by atoms with van der Waals surface area (Å²) in [5, 5.41) is 4.44. The number of hydrogen-bond acceptors (Lipinski definition) is 2. The van der Waals surface area contributed by atoms with E-state index in [2.05, 4.69) is 10.3 Å². The van der Waals surface area contributed by atoms with Gasteiger partial charge in [-0.05, 0) is 43.2 Å². The highest BCUT2D eigenvalue weighted by Gasteiger charge is 2.13. The first-order valence-electron chi connectivity index (χ1n) is 6.29. The molecule has 0 amide bonds. The lowest BCUT2D eigenvalue weighted by atomic mass is 10.1. The fourth-order valence-corrected chi connectivity index (χ4v) is 2.32. The third-order valence-electron chi connectivity index (χ3n) is 3.17.